The summed E-state index contributed by atoms with van der Waals surface area (Å²) in [4.78, 5) is 14.1. The lowest BCUT2D eigenvalue weighted by atomic mass is 9.94. The minimum atomic E-state index is -0.227. The molecule has 2 rings (SSSR count). The molecule has 1 saturated carbocycles. The van der Waals surface area contributed by atoms with Gasteiger partial charge in [-0.2, -0.15) is 0 Å². The number of amides is 1. The van der Waals surface area contributed by atoms with Crippen molar-refractivity contribution in [2.24, 2.45) is 0 Å². The van der Waals surface area contributed by atoms with Crippen LogP contribution in [0.1, 0.15) is 44.1 Å². The average molecular weight is 263 g/mol. The van der Waals surface area contributed by atoms with E-state index >= 15 is 0 Å². The molecule has 1 aromatic carbocycles. The molecule has 0 radical (unpaired) electrons. The van der Waals surface area contributed by atoms with Crippen molar-refractivity contribution >= 4 is 5.91 Å². The van der Waals surface area contributed by atoms with E-state index in [1.807, 2.05) is 11.9 Å². The first kappa shape index (κ1) is 14.0. The Morgan fingerprint density at radius 2 is 1.84 bits per heavy atom. The number of halogens is 1. The highest BCUT2D eigenvalue weighted by molar-refractivity contribution is 5.76. The van der Waals surface area contributed by atoms with E-state index in [1.54, 1.807) is 12.1 Å². The largest absolute Gasteiger partial charge is 0.343 e. The number of nitrogens with zero attached hydrogens (tertiary/aromatic N) is 1. The van der Waals surface area contributed by atoms with E-state index in [4.69, 9.17) is 0 Å². The van der Waals surface area contributed by atoms with E-state index < -0.39 is 0 Å². The van der Waals surface area contributed by atoms with E-state index in [0.717, 1.165) is 18.4 Å². The molecule has 3 heteroatoms. The van der Waals surface area contributed by atoms with Crippen molar-refractivity contribution in [1.29, 1.82) is 0 Å². The molecule has 0 atom stereocenters. The predicted molar refractivity (Wildman–Crippen MR) is 74.4 cm³/mol. The van der Waals surface area contributed by atoms with Crippen LogP contribution in [0.4, 0.5) is 4.39 Å². The van der Waals surface area contributed by atoms with Gasteiger partial charge in [0.2, 0.25) is 5.91 Å². The van der Waals surface area contributed by atoms with Crippen LogP contribution in [0.25, 0.3) is 0 Å². The lowest BCUT2D eigenvalue weighted by molar-refractivity contribution is -0.132. The number of rotatable bonds is 4. The zero-order valence-corrected chi connectivity index (χ0v) is 11.6. The fourth-order valence-corrected chi connectivity index (χ4v) is 2.75. The highest BCUT2D eigenvalue weighted by Gasteiger charge is 2.21. The first-order chi connectivity index (χ1) is 9.16. The number of carbonyl (C=O) groups excluding carboxylic acids is 1. The molecule has 1 amide bonds. The van der Waals surface area contributed by atoms with Crippen LogP contribution in [0.15, 0.2) is 24.3 Å². The summed E-state index contributed by atoms with van der Waals surface area (Å²) in [6, 6.07) is 6.83. The van der Waals surface area contributed by atoms with Crippen LogP contribution in [0.2, 0.25) is 0 Å². The number of aryl methyl sites for hydroxylation is 1. The summed E-state index contributed by atoms with van der Waals surface area (Å²) >= 11 is 0. The number of benzene rings is 1. The second kappa shape index (κ2) is 6.69. The van der Waals surface area contributed by atoms with Gasteiger partial charge in [0, 0.05) is 19.5 Å². The highest BCUT2D eigenvalue weighted by atomic mass is 19.1. The summed E-state index contributed by atoms with van der Waals surface area (Å²) in [6.07, 6.45) is 7.25. The second-order valence-corrected chi connectivity index (χ2v) is 5.42. The molecule has 0 aromatic heterocycles. The van der Waals surface area contributed by atoms with Crippen LogP contribution < -0.4 is 0 Å². The van der Waals surface area contributed by atoms with Crippen LogP contribution in [0.3, 0.4) is 0 Å². The Labute approximate surface area is 114 Å². The molecule has 0 bridgehead atoms. The van der Waals surface area contributed by atoms with Gasteiger partial charge in [-0.05, 0) is 37.0 Å². The van der Waals surface area contributed by atoms with Gasteiger partial charge in [-0.25, -0.2) is 4.39 Å². The van der Waals surface area contributed by atoms with Gasteiger partial charge in [0.1, 0.15) is 5.82 Å². The molecule has 0 saturated heterocycles. The van der Waals surface area contributed by atoms with Gasteiger partial charge in [0.05, 0.1) is 0 Å². The van der Waals surface area contributed by atoms with E-state index in [9.17, 15) is 9.18 Å². The Balaban J connectivity index is 1.81. The van der Waals surface area contributed by atoms with E-state index in [1.165, 1.54) is 31.4 Å². The van der Waals surface area contributed by atoms with Gasteiger partial charge < -0.3 is 4.90 Å². The van der Waals surface area contributed by atoms with Gasteiger partial charge in [-0.3, -0.25) is 4.79 Å². The summed E-state index contributed by atoms with van der Waals surface area (Å²) in [6.45, 7) is 0. The minimum Gasteiger partial charge on any atom is -0.343 e. The van der Waals surface area contributed by atoms with Crippen LogP contribution in [-0.2, 0) is 11.2 Å². The lowest BCUT2D eigenvalue weighted by Crippen LogP contribution is -2.38. The Hall–Kier alpha value is -1.38. The fourth-order valence-electron chi connectivity index (χ4n) is 2.75. The van der Waals surface area contributed by atoms with Crippen molar-refractivity contribution in [3.63, 3.8) is 0 Å². The monoisotopic (exact) mass is 263 g/mol. The van der Waals surface area contributed by atoms with Crippen molar-refractivity contribution in [2.75, 3.05) is 7.05 Å². The Kier molecular flexibility index (Phi) is 4.94. The number of hydrogen-bond acceptors (Lipinski definition) is 1. The van der Waals surface area contributed by atoms with Crippen LogP contribution in [0.5, 0.6) is 0 Å². The first-order valence-corrected chi connectivity index (χ1v) is 7.17. The SMILES string of the molecule is CN(C(=O)CCc1ccc(F)cc1)C1CCCCC1. The van der Waals surface area contributed by atoms with Crippen LogP contribution >= 0.6 is 0 Å². The van der Waals surface area contributed by atoms with Gasteiger partial charge in [-0.15, -0.1) is 0 Å². The smallest absolute Gasteiger partial charge is 0.222 e. The zero-order chi connectivity index (χ0) is 13.7. The molecule has 19 heavy (non-hydrogen) atoms. The minimum absolute atomic E-state index is 0.205. The normalized spacial score (nSPS) is 16.3. The van der Waals surface area contributed by atoms with E-state index in [2.05, 4.69) is 0 Å². The van der Waals surface area contributed by atoms with Crippen LogP contribution in [-0.4, -0.2) is 23.9 Å². The maximum absolute atomic E-state index is 12.8. The fraction of sp³-hybridized carbons (Fsp3) is 0.562. The molecular formula is C16H22FNO. The lowest BCUT2D eigenvalue weighted by Gasteiger charge is -2.31. The van der Waals surface area contributed by atoms with Gasteiger partial charge in [0.25, 0.3) is 0 Å². The highest BCUT2D eigenvalue weighted by Crippen LogP contribution is 2.22. The maximum atomic E-state index is 12.8. The summed E-state index contributed by atoms with van der Waals surface area (Å²) < 4.78 is 12.8. The Morgan fingerprint density at radius 1 is 1.21 bits per heavy atom. The summed E-state index contributed by atoms with van der Waals surface area (Å²) in [5.74, 6) is -0.0226. The summed E-state index contributed by atoms with van der Waals surface area (Å²) in [5.41, 5.74) is 1.02. The third-order valence-corrected chi connectivity index (χ3v) is 4.06. The molecular weight excluding hydrogens is 241 g/mol. The molecule has 1 aliphatic carbocycles. The van der Waals surface area contributed by atoms with Crippen molar-refractivity contribution in [3.8, 4) is 0 Å². The number of hydrogen-bond donors (Lipinski definition) is 0. The quantitative estimate of drug-likeness (QED) is 0.813. The van der Waals surface area contributed by atoms with Gasteiger partial charge in [-0.1, -0.05) is 31.4 Å². The third kappa shape index (κ3) is 4.05. The van der Waals surface area contributed by atoms with Gasteiger partial charge in [0.15, 0.2) is 0 Å². The molecule has 0 N–H and O–H groups in total. The number of carbonyl (C=O) groups is 1. The molecule has 104 valence electrons. The predicted octanol–water partition coefficient (Wildman–Crippen LogP) is 3.55. The van der Waals surface area contributed by atoms with Crippen molar-refractivity contribution in [3.05, 3.63) is 35.6 Å². The maximum Gasteiger partial charge on any atom is 0.222 e. The van der Waals surface area contributed by atoms with E-state index in [-0.39, 0.29) is 11.7 Å². The summed E-state index contributed by atoms with van der Waals surface area (Å²) in [5, 5.41) is 0. The Bertz CT molecular complexity index is 409. The zero-order valence-electron chi connectivity index (χ0n) is 11.6. The molecule has 0 heterocycles. The molecule has 1 fully saturated rings. The molecule has 1 aromatic rings. The first-order valence-electron chi connectivity index (χ1n) is 7.17. The van der Waals surface area contributed by atoms with Crippen molar-refractivity contribution in [1.82, 2.24) is 4.90 Å². The molecule has 0 unspecified atom stereocenters. The molecule has 2 nitrogen and oxygen atoms in total. The van der Waals surface area contributed by atoms with Gasteiger partial charge >= 0.3 is 0 Å². The van der Waals surface area contributed by atoms with Crippen LogP contribution in [0, 0.1) is 5.82 Å². The molecule has 1 aliphatic rings. The summed E-state index contributed by atoms with van der Waals surface area (Å²) in [7, 11) is 1.92. The topological polar surface area (TPSA) is 20.3 Å². The van der Waals surface area contributed by atoms with Crippen molar-refractivity contribution in [2.45, 2.75) is 51.0 Å². The standard InChI is InChI=1S/C16H22FNO/c1-18(15-5-3-2-4-6-15)16(19)12-9-13-7-10-14(17)11-8-13/h7-8,10-11,15H,2-6,9,12H2,1H3. The Morgan fingerprint density at radius 3 is 2.47 bits per heavy atom. The third-order valence-electron chi connectivity index (χ3n) is 4.06. The van der Waals surface area contributed by atoms with Crippen molar-refractivity contribution < 1.29 is 9.18 Å². The molecule has 0 spiro atoms. The molecule has 0 aliphatic heterocycles. The van der Waals surface area contributed by atoms with E-state index in [0.29, 0.717) is 18.9 Å². The average Bonchev–Trinajstić information content (AvgIpc) is 2.46. The second-order valence-electron chi connectivity index (χ2n) is 5.42.